The van der Waals surface area contributed by atoms with E-state index in [0.29, 0.717) is 51.4 Å². The Morgan fingerprint density at radius 2 is 0.626 bits per heavy atom. The van der Waals surface area contributed by atoms with Gasteiger partial charge < -0.3 is 68.9 Å². The van der Waals surface area contributed by atoms with Gasteiger partial charge in [0.25, 0.3) is 0 Å². The molecule has 716 valence electrons. The van der Waals surface area contributed by atoms with Crippen molar-refractivity contribution in [2.24, 2.45) is 69.0 Å². The van der Waals surface area contributed by atoms with Crippen molar-refractivity contribution in [3.8, 4) is 0 Å². The summed E-state index contributed by atoms with van der Waals surface area (Å²) in [6, 6.07) is 39.9. The predicted molar refractivity (Wildman–Crippen MR) is 552 cm³/mol. The van der Waals surface area contributed by atoms with E-state index in [1.165, 1.54) is 132 Å². The molecule has 3 N–H and O–H groups in total. The van der Waals surface area contributed by atoms with Crippen molar-refractivity contribution in [3.05, 3.63) is 209 Å². The van der Waals surface area contributed by atoms with Gasteiger partial charge in [-0.05, 0) is 338 Å². The second-order valence-corrected chi connectivity index (χ2v) is 60.6. The Bertz CT molecular complexity index is 4920. The van der Waals surface area contributed by atoms with Gasteiger partial charge in [0.2, 0.25) is 0 Å². The van der Waals surface area contributed by atoms with E-state index in [-0.39, 0.29) is 117 Å². The van der Waals surface area contributed by atoms with Crippen molar-refractivity contribution < 1.29 is 64.7 Å². The number of alkyl halides is 2. The third kappa shape index (κ3) is 20.8. The third-order valence-corrected chi connectivity index (χ3v) is 44.8. The third-order valence-electron chi connectivity index (χ3n) is 36.2. The normalized spacial score (nSPS) is 32.0. The Kier molecular flexibility index (Phi) is 30.9. The number of benzene rings is 6. The van der Waals surface area contributed by atoms with Gasteiger partial charge in [0.05, 0.1) is 63.3 Å². The van der Waals surface area contributed by atoms with Gasteiger partial charge in [-0.15, -0.1) is 11.6 Å². The Morgan fingerprint density at radius 1 is 0.351 bits per heavy atom. The maximum absolute atomic E-state index is 7.09. The summed E-state index contributed by atoms with van der Waals surface area (Å²) >= 11 is 10.2. The number of aryl methyl sites for hydroxylation is 12. The minimum Gasteiger partial charge on any atom is -1.00 e. The zero-order chi connectivity index (χ0) is 95.2. The van der Waals surface area contributed by atoms with Crippen LogP contribution in [0.4, 0.5) is 0 Å². The fourth-order valence-electron chi connectivity index (χ4n) is 27.3. The van der Waals surface area contributed by atoms with Gasteiger partial charge in [0, 0.05) is 30.3 Å². The van der Waals surface area contributed by atoms with E-state index in [2.05, 4.69) is 368 Å². The van der Waals surface area contributed by atoms with Crippen LogP contribution in [0, 0.1) is 152 Å². The lowest BCUT2D eigenvalue weighted by Gasteiger charge is -2.64. The quantitative estimate of drug-likeness (QED) is 0.0693. The van der Waals surface area contributed by atoms with Crippen LogP contribution in [0.1, 0.15) is 262 Å². The first kappa shape index (κ1) is 105. The van der Waals surface area contributed by atoms with Crippen LogP contribution < -0.4 is 18.1 Å². The molecule has 0 aromatic heterocycles. The zero-order valence-corrected chi connectivity index (χ0v) is 92.3. The maximum atomic E-state index is 7.09. The topological polar surface area (TPSA) is 123 Å². The van der Waals surface area contributed by atoms with Crippen molar-refractivity contribution in [3.63, 3.8) is 0 Å². The van der Waals surface area contributed by atoms with Crippen LogP contribution in [-0.2, 0) is 83.8 Å². The number of hydrogen-bond acceptors (Lipinski definition) is 11. The molecule has 12 nitrogen and oxygen atoms in total. The first-order chi connectivity index (χ1) is 60.2. The lowest BCUT2D eigenvalue weighted by atomic mass is 9.43. The van der Waals surface area contributed by atoms with E-state index < -0.39 is 16.5 Å². The molecule has 0 spiro atoms. The van der Waals surface area contributed by atoms with E-state index in [0.717, 1.165) is 80.2 Å². The van der Waals surface area contributed by atoms with Gasteiger partial charge in [0.15, 0.2) is 0 Å². The van der Waals surface area contributed by atoms with Gasteiger partial charge >= 0.3 is 35.6 Å². The van der Waals surface area contributed by atoms with Crippen LogP contribution in [0.15, 0.2) is 109 Å². The molecular formula is C109H166B5BrCl2N2O10Si2. The van der Waals surface area contributed by atoms with Crippen molar-refractivity contribution in [1.82, 2.24) is 4.23 Å². The fourth-order valence-corrected chi connectivity index (χ4v) is 38.6. The number of rotatable bonds is 17. The number of nitrogens with zero attached hydrogens (tertiary/aromatic N) is 1. The Labute approximate surface area is 817 Å². The second kappa shape index (κ2) is 38.6. The van der Waals surface area contributed by atoms with Crippen LogP contribution in [0.5, 0.6) is 0 Å². The molecule has 23 rings (SSSR count). The standard InChI is InChI=1S/C26H46BNO2Si2.C20H28BClO2.C20H30BNO2.C19H27BO2.C15H23BO2.C9H11Br.ClH/c1-18-12-13-20(19(2)14-18)15-24(28(31(6,7)8)32(9,10)11)27-29-23-17-21-16-22(25(21,3)4)26(23,5)30-27;2*1-12-6-7-14(13(2)8-12)9-18(22)21-23-17-11-15-10-16(19(15,3)4)20(17,5)24-21;1-12-6-7-14(13(2)8-12)11-20-21-17-10-15-9-16(18(15,3)4)19(17,5)22-20;1-11-7-8-13(12(2)9-11)10-16-17-14(3,4)15(5,6)18-16;1-7-3-4-9(6-10)8(2)5-7;/h12-14,21-24H,15-17H2,1-11H3;6-8,15-18H,9-11H2,1-5H3;6-8,15-18H,9-11,22H2,1-5H3;6-8,15-17H,9-11H2,1-5H3;7-9H,10H2,1-6H3;3-5H,6H2,1-2H3;1H/t21-,22-,23+,24-,26-;15-,16-,17+,18+,20-;15-,16-,17+,18-,20-;15-,16-,17+,19-;;;/m0000.../s1. The van der Waals surface area contributed by atoms with Crippen LogP contribution in [-0.4, -0.2) is 131 Å². The molecule has 0 radical (unpaired) electrons. The van der Waals surface area contributed by atoms with Gasteiger partial charge in [-0.3, -0.25) is 0 Å². The van der Waals surface area contributed by atoms with E-state index >= 15 is 0 Å². The molecule has 17 aliphatic rings. The molecule has 5 saturated heterocycles. The first-order valence-corrected chi connectivity index (χ1v) is 58.6. The minimum atomic E-state index is -1.61. The van der Waals surface area contributed by atoms with Gasteiger partial charge in [-0.2, -0.15) is 0 Å². The Balaban J connectivity index is 0.000000137. The largest absolute Gasteiger partial charge is 1.00 e. The lowest BCUT2D eigenvalue weighted by molar-refractivity contribution is -0.397. The van der Waals surface area contributed by atoms with Crippen molar-refractivity contribution >= 4 is 79.6 Å². The van der Waals surface area contributed by atoms with Crippen LogP contribution in [0.3, 0.4) is 0 Å². The summed E-state index contributed by atoms with van der Waals surface area (Å²) in [5.41, 5.74) is 29.0. The molecule has 131 heavy (non-hydrogen) atoms. The molecular weight excluding hydrogens is 1760 g/mol. The number of hydrogen-bond donors (Lipinski definition) is 1. The predicted octanol–water partition coefficient (Wildman–Crippen LogP) is 21.7. The lowest BCUT2D eigenvalue weighted by Crippen LogP contribution is -3.00. The summed E-state index contributed by atoms with van der Waals surface area (Å²) < 4.78 is 67.5. The molecule has 22 heteroatoms. The molecule has 12 aliphatic carbocycles. The van der Waals surface area contributed by atoms with Crippen molar-refractivity contribution in [2.45, 2.75) is 397 Å². The van der Waals surface area contributed by atoms with E-state index in [1.807, 2.05) is 0 Å². The summed E-state index contributed by atoms with van der Waals surface area (Å²) in [5.74, 6) is 6.05. The smallest absolute Gasteiger partial charge is 0.521 e. The molecule has 0 unspecified atom stereocenters. The molecule has 8 bridgehead atoms. The zero-order valence-electron chi connectivity index (χ0n) is 87.2. The molecule has 12 saturated carbocycles. The average molecular weight is 1930 g/mol. The molecule has 0 amide bonds. The summed E-state index contributed by atoms with van der Waals surface area (Å²) in [7, 11) is -4.04. The summed E-state index contributed by atoms with van der Waals surface area (Å²) in [4.78, 5) is 0. The van der Waals surface area contributed by atoms with Crippen LogP contribution in [0.2, 0.25) is 39.3 Å². The summed E-state index contributed by atoms with van der Waals surface area (Å²) in [6.07, 6.45) is 15.2. The molecule has 6 aromatic rings. The highest BCUT2D eigenvalue weighted by Gasteiger charge is 2.73. The van der Waals surface area contributed by atoms with E-state index in [9.17, 15) is 0 Å². The highest BCUT2D eigenvalue weighted by molar-refractivity contribution is 9.08. The Morgan fingerprint density at radius 3 is 0.954 bits per heavy atom. The highest BCUT2D eigenvalue weighted by atomic mass is 79.9. The second-order valence-electron chi connectivity index (χ2n) is 49.4. The average Bonchev–Trinajstić information content (AvgIpc) is 1.63. The highest BCUT2D eigenvalue weighted by Crippen LogP contribution is 2.70. The first-order valence-electron chi connectivity index (χ1n) is 50.1. The minimum absolute atomic E-state index is 0. The van der Waals surface area contributed by atoms with Gasteiger partial charge in [-0.25, -0.2) is 0 Å². The Hall–Kier alpha value is -3.34. The van der Waals surface area contributed by atoms with E-state index in [1.54, 1.807) is 0 Å². The molecule has 6 aromatic carbocycles. The summed E-state index contributed by atoms with van der Waals surface area (Å²) in [5, 5.41) is 0.813. The van der Waals surface area contributed by atoms with Crippen molar-refractivity contribution in [1.29, 1.82) is 0 Å². The van der Waals surface area contributed by atoms with Crippen LogP contribution in [0.25, 0.3) is 0 Å². The van der Waals surface area contributed by atoms with E-state index in [4.69, 9.17) is 58.1 Å². The monoisotopic (exact) mass is 1920 g/mol. The van der Waals surface area contributed by atoms with Crippen LogP contribution >= 0.6 is 27.5 Å². The molecule has 5 heterocycles. The molecule has 19 atom stereocenters. The number of quaternary nitrogens is 1. The molecule has 17 fully saturated rings. The SMILES string of the molecule is Cc1ccc(CB2OC(C)(C)C(C)(C)O2)c(C)c1.Cc1ccc(CB2O[C@@H]3C[C@@H]4C[C@@H](C4(C)C)[C@]3(C)O2)c(C)c1.Cc1ccc(CBr)c(C)c1.Cc1ccc(C[C@@H](B2O[C@@H]3C[C@@H]4C[C@@H](C4(C)C)[C@]3(C)O2)N([Si](C)(C)C)[Si](C)(C)C)c(C)c1.Cc1ccc(C[C@@H](Cl)B2O[C@@H]3C[C@@H]4C[C@@H](C4(C)C)[C@]3(C)O2)c(C)c1.Cc1ccc(C[C@H]([NH3+])B2O[C@@H]3C[C@@H]4C[C@@H](C4(C)C)[C@]3(C)O2)c(C)c1.[Cl-]. The fraction of sp³-hybridized carbons (Fsp3) is 0.670. The maximum Gasteiger partial charge on any atom is 0.521 e. The summed E-state index contributed by atoms with van der Waals surface area (Å²) in [6.45, 7) is 77.8. The van der Waals surface area contributed by atoms with Crippen molar-refractivity contribution in [2.75, 3.05) is 0 Å². The number of halogens is 3. The van der Waals surface area contributed by atoms with Gasteiger partial charge in [-0.1, -0.05) is 253 Å². The van der Waals surface area contributed by atoms with Gasteiger partial charge in [0.1, 0.15) is 22.4 Å². The molecule has 5 aliphatic heterocycles.